The van der Waals surface area contributed by atoms with Crippen LogP contribution in [0.3, 0.4) is 0 Å². The van der Waals surface area contributed by atoms with Crippen molar-refractivity contribution in [2.45, 2.75) is 12.8 Å². The first kappa shape index (κ1) is 9.91. The Morgan fingerprint density at radius 2 is 2.00 bits per heavy atom. The van der Waals surface area contributed by atoms with Crippen molar-refractivity contribution in [3.05, 3.63) is 60.2 Å². The summed E-state index contributed by atoms with van der Waals surface area (Å²) < 4.78 is 0. The monoisotopic (exact) mass is 198 g/mol. The van der Waals surface area contributed by atoms with E-state index in [1.54, 1.807) is 0 Å². The van der Waals surface area contributed by atoms with E-state index in [4.69, 9.17) is 0 Å². The van der Waals surface area contributed by atoms with E-state index in [1.807, 2.05) is 42.5 Å². The van der Waals surface area contributed by atoms with Gasteiger partial charge in [-0.1, -0.05) is 54.6 Å². The van der Waals surface area contributed by atoms with Gasteiger partial charge in [0.15, 0.2) is 5.78 Å². The Morgan fingerprint density at radius 3 is 2.67 bits per heavy atom. The molecular weight excluding hydrogens is 184 g/mol. The van der Waals surface area contributed by atoms with Crippen LogP contribution in [0.2, 0.25) is 0 Å². The van der Waals surface area contributed by atoms with Crippen molar-refractivity contribution in [2.24, 2.45) is 5.92 Å². The summed E-state index contributed by atoms with van der Waals surface area (Å²) in [6.45, 7) is 0. The van der Waals surface area contributed by atoms with Crippen molar-refractivity contribution < 1.29 is 4.79 Å². The number of allylic oxidation sites excluding steroid dienone is 4. The maximum absolute atomic E-state index is 11.9. The number of rotatable bonds is 3. The van der Waals surface area contributed by atoms with Gasteiger partial charge in [-0.15, -0.1) is 0 Å². The third-order valence-corrected chi connectivity index (χ3v) is 2.61. The van der Waals surface area contributed by atoms with Crippen LogP contribution >= 0.6 is 0 Å². The van der Waals surface area contributed by atoms with E-state index < -0.39 is 0 Å². The molecule has 0 N–H and O–H groups in total. The molecule has 1 aromatic rings. The minimum Gasteiger partial charge on any atom is -0.294 e. The largest absolute Gasteiger partial charge is 0.294 e. The minimum absolute atomic E-state index is 0.237. The second kappa shape index (κ2) is 4.74. The molecule has 0 fully saturated rings. The fourth-order valence-electron chi connectivity index (χ4n) is 1.76. The van der Waals surface area contributed by atoms with Gasteiger partial charge in [0.05, 0.1) is 0 Å². The van der Waals surface area contributed by atoms with Crippen molar-refractivity contribution >= 4 is 5.78 Å². The van der Waals surface area contributed by atoms with Gasteiger partial charge in [-0.3, -0.25) is 4.79 Å². The third-order valence-electron chi connectivity index (χ3n) is 2.61. The Hall–Kier alpha value is -1.63. The Kier molecular flexibility index (Phi) is 3.13. The predicted molar refractivity (Wildman–Crippen MR) is 61.8 cm³/mol. The van der Waals surface area contributed by atoms with Crippen LogP contribution in [0.15, 0.2) is 54.6 Å². The molecule has 0 spiro atoms. The summed E-state index contributed by atoms with van der Waals surface area (Å²) in [5, 5.41) is 0. The molecule has 0 amide bonds. The van der Waals surface area contributed by atoms with Gasteiger partial charge in [0.25, 0.3) is 0 Å². The Labute approximate surface area is 90.1 Å². The van der Waals surface area contributed by atoms with Crippen LogP contribution in [0, 0.1) is 5.92 Å². The highest BCUT2D eigenvalue weighted by Gasteiger charge is 2.12. The quantitative estimate of drug-likeness (QED) is 0.680. The molecule has 1 heteroatoms. The molecule has 1 aliphatic rings. The van der Waals surface area contributed by atoms with Crippen molar-refractivity contribution in [3.8, 4) is 0 Å². The average Bonchev–Trinajstić information content (AvgIpc) is 2.31. The zero-order valence-electron chi connectivity index (χ0n) is 8.60. The Balaban J connectivity index is 1.98. The fraction of sp³-hybridized carbons (Fsp3) is 0.214. The number of carbonyl (C=O) groups is 1. The van der Waals surface area contributed by atoms with Crippen molar-refractivity contribution in [3.63, 3.8) is 0 Å². The van der Waals surface area contributed by atoms with E-state index in [0.717, 1.165) is 12.0 Å². The normalized spacial score (nSPS) is 19.1. The molecule has 2 rings (SSSR count). The van der Waals surface area contributed by atoms with Gasteiger partial charge in [0.1, 0.15) is 0 Å². The van der Waals surface area contributed by atoms with Crippen molar-refractivity contribution in [1.29, 1.82) is 0 Å². The van der Waals surface area contributed by atoms with Gasteiger partial charge in [-0.2, -0.15) is 0 Å². The SMILES string of the molecule is O=C(CC1C=CC=CC1)c1ccccc1. The molecule has 1 unspecified atom stereocenters. The number of hydrogen-bond acceptors (Lipinski definition) is 1. The fourth-order valence-corrected chi connectivity index (χ4v) is 1.76. The van der Waals surface area contributed by atoms with Crippen molar-refractivity contribution in [2.75, 3.05) is 0 Å². The summed E-state index contributed by atoms with van der Waals surface area (Å²) in [5.41, 5.74) is 0.820. The molecule has 0 bridgehead atoms. The van der Waals surface area contributed by atoms with Gasteiger partial charge in [-0.25, -0.2) is 0 Å². The lowest BCUT2D eigenvalue weighted by molar-refractivity contribution is 0.0969. The molecule has 0 saturated carbocycles. The molecule has 1 atom stereocenters. The van der Waals surface area contributed by atoms with Gasteiger partial charge in [0.2, 0.25) is 0 Å². The molecular formula is C14H14O. The van der Waals surface area contributed by atoms with E-state index in [9.17, 15) is 4.79 Å². The highest BCUT2D eigenvalue weighted by Crippen LogP contribution is 2.18. The number of carbonyl (C=O) groups excluding carboxylic acids is 1. The molecule has 1 aliphatic carbocycles. The molecule has 0 heterocycles. The zero-order valence-corrected chi connectivity index (χ0v) is 8.60. The summed E-state index contributed by atoms with van der Waals surface area (Å²) in [7, 11) is 0. The summed E-state index contributed by atoms with van der Waals surface area (Å²) >= 11 is 0. The molecule has 1 aromatic carbocycles. The van der Waals surface area contributed by atoms with E-state index in [-0.39, 0.29) is 5.78 Å². The molecule has 15 heavy (non-hydrogen) atoms. The first-order valence-electron chi connectivity index (χ1n) is 5.28. The van der Waals surface area contributed by atoms with Gasteiger partial charge in [0, 0.05) is 12.0 Å². The smallest absolute Gasteiger partial charge is 0.163 e. The molecule has 0 aliphatic heterocycles. The molecule has 0 saturated heterocycles. The van der Waals surface area contributed by atoms with E-state index in [1.165, 1.54) is 0 Å². The first-order chi connectivity index (χ1) is 7.36. The molecule has 76 valence electrons. The Morgan fingerprint density at radius 1 is 1.20 bits per heavy atom. The molecule has 1 nitrogen and oxygen atoms in total. The summed E-state index contributed by atoms with van der Waals surface area (Å²) in [6, 6.07) is 9.50. The summed E-state index contributed by atoms with van der Waals surface area (Å²) in [6.07, 6.45) is 9.87. The Bertz CT molecular complexity index is 387. The third kappa shape index (κ3) is 2.66. The van der Waals surface area contributed by atoms with Crippen LogP contribution < -0.4 is 0 Å². The predicted octanol–water partition coefficient (Wildman–Crippen LogP) is 3.39. The lowest BCUT2D eigenvalue weighted by Gasteiger charge is -2.11. The van der Waals surface area contributed by atoms with E-state index in [0.29, 0.717) is 12.3 Å². The van der Waals surface area contributed by atoms with Crippen LogP contribution in [-0.2, 0) is 0 Å². The van der Waals surface area contributed by atoms with E-state index >= 15 is 0 Å². The highest BCUT2D eigenvalue weighted by atomic mass is 16.1. The van der Waals surface area contributed by atoms with Crippen LogP contribution in [0.5, 0.6) is 0 Å². The topological polar surface area (TPSA) is 17.1 Å². The van der Waals surface area contributed by atoms with Gasteiger partial charge >= 0.3 is 0 Å². The number of Topliss-reactive ketones (excluding diaryl/α,β-unsaturated/α-hetero) is 1. The van der Waals surface area contributed by atoms with E-state index in [2.05, 4.69) is 12.2 Å². The summed E-state index contributed by atoms with van der Waals surface area (Å²) in [4.78, 5) is 11.9. The minimum atomic E-state index is 0.237. The van der Waals surface area contributed by atoms with Crippen LogP contribution in [0.1, 0.15) is 23.2 Å². The average molecular weight is 198 g/mol. The van der Waals surface area contributed by atoms with Crippen LogP contribution in [0.4, 0.5) is 0 Å². The number of ketones is 1. The standard InChI is InChI=1S/C14H14O/c15-14(13-9-5-2-6-10-13)11-12-7-3-1-4-8-12/h1-7,9-10,12H,8,11H2. The van der Waals surface area contributed by atoms with Crippen LogP contribution in [0.25, 0.3) is 0 Å². The first-order valence-corrected chi connectivity index (χ1v) is 5.28. The van der Waals surface area contributed by atoms with Crippen molar-refractivity contribution in [1.82, 2.24) is 0 Å². The molecule has 0 aromatic heterocycles. The second-order valence-electron chi connectivity index (χ2n) is 3.80. The van der Waals surface area contributed by atoms with Gasteiger partial charge < -0.3 is 0 Å². The maximum Gasteiger partial charge on any atom is 0.163 e. The number of hydrogen-bond donors (Lipinski definition) is 0. The highest BCUT2D eigenvalue weighted by molar-refractivity contribution is 5.96. The van der Waals surface area contributed by atoms with Crippen LogP contribution in [-0.4, -0.2) is 5.78 Å². The summed E-state index contributed by atoms with van der Waals surface area (Å²) in [5.74, 6) is 0.614. The lowest BCUT2D eigenvalue weighted by atomic mass is 9.93. The second-order valence-corrected chi connectivity index (χ2v) is 3.80. The molecule has 0 radical (unpaired) electrons. The lowest BCUT2D eigenvalue weighted by Crippen LogP contribution is -2.07. The zero-order chi connectivity index (χ0) is 10.5. The maximum atomic E-state index is 11.9. The van der Waals surface area contributed by atoms with Gasteiger partial charge in [-0.05, 0) is 12.3 Å². The number of benzene rings is 1.